The Morgan fingerprint density at radius 1 is 0.622 bits per heavy atom. The van der Waals surface area contributed by atoms with Crippen LogP contribution in [0.5, 0.6) is 0 Å². The number of nitrogens with zero attached hydrogens (tertiary/aromatic N) is 3. The van der Waals surface area contributed by atoms with E-state index in [4.69, 9.17) is 5.10 Å². The number of amides is 1. The number of aromatic amines is 1. The first kappa shape index (κ1) is 22.2. The topological polar surface area (TPSA) is 70.5 Å². The van der Waals surface area contributed by atoms with Crippen molar-refractivity contribution in [2.45, 2.75) is 0 Å². The second kappa shape index (κ2) is 9.43. The van der Waals surface area contributed by atoms with Gasteiger partial charge in [-0.15, -0.1) is 0 Å². The Labute approximate surface area is 213 Å². The number of carbonyl (C=O) groups excluding carboxylic acids is 1. The van der Waals surface area contributed by atoms with E-state index in [0.717, 1.165) is 11.1 Å². The fourth-order valence-corrected chi connectivity index (χ4v) is 4.41. The van der Waals surface area contributed by atoms with E-state index < -0.39 is 0 Å². The zero-order valence-corrected chi connectivity index (χ0v) is 19.8. The van der Waals surface area contributed by atoms with Crippen molar-refractivity contribution in [1.29, 1.82) is 0 Å². The van der Waals surface area contributed by atoms with Gasteiger partial charge in [-0.1, -0.05) is 97.1 Å². The summed E-state index contributed by atoms with van der Waals surface area (Å²) < 4.78 is 1.50. The fraction of sp³-hybridized carbons (Fsp3) is 0. The molecule has 1 aliphatic heterocycles. The van der Waals surface area contributed by atoms with Crippen molar-refractivity contribution >= 4 is 23.4 Å². The van der Waals surface area contributed by atoms with E-state index in [1.807, 2.05) is 121 Å². The molecule has 6 nitrogen and oxygen atoms in total. The number of aromatic nitrogens is 2. The standard InChI is InChI=1S/C31H22N4O2/c36-30-26(28(22-13-5-1-6-14-22)32-34(30)24-17-9-3-10-18-24)21-27-29(23-15-7-2-8-16-23)33-35(31(27)37)25-19-11-4-12-20-25/h1-21,32H. The molecule has 0 unspecified atom stereocenters. The summed E-state index contributed by atoms with van der Waals surface area (Å²) in [4.78, 5) is 27.5. The predicted octanol–water partition coefficient (Wildman–Crippen LogP) is 5.67. The van der Waals surface area contributed by atoms with Gasteiger partial charge in [0.25, 0.3) is 11.5 Å². The van der Waals surface area contributed by atoms with Gasteiger partial charge in [-0.25, -0.2) is 4.68 Å². The second-order valence-electron chi connectivity index (χ2n) is 8.57. The van der Waals surface area contributed by atoms with E-state index in [0.29, 0.717) is 33.9 Å². The summed E-state index contributed by atoms with van der Waals surface area (Å²) >= 11 is 0. The number of hydrogen-bond acceptors (Lipinski definition) is 3. The number of hydrazone groups is 1. The first-order valence-corrected chi connectivity index (χ1v) is 11.9. The van der Waals surface area contributed by atoms with E-state index >= 15 is 0 Å². The molecular weight excluding hydrogens is 460 g/mol. The average Bonchev–Trinajstić information content (AvgIpc) is 3.47. The number of hydrogen-bond donors (Lipinski definition) is 1. The molecule has 1 aromatic heterocycles. The predicted molar refractivity (Wildman–Crippen MR) is 147 cm³/mol. The Balaban J connectivity index is 1.57. The third-order valence-corrected chi connectivity index (χ3v) is 6.22. The first-order valence-electron chi connectivity index (χ1n) is 11.9. The molecular formula is C31H22N4O2. The zero-order valence-electron chi connectivity index (χ0n) is 19.8. The summed E-state index contributed by atoms with van der Waals surface area (Å²) in [6.07, 6.45) is 1.66. The van der Waals surface area contributed by atoms with Gasteiger partial charge in [-0.2, -0.15) is 10.1 Å². The first-order chi connectivity index (χ1) is 18.2. The number of carbonyl (C=O) groups is 1. The molecule has 37 heavy (non-hydrogen) atoms. The van der Waals surface area contributed by atoms with Gasteiger partial charge in [-0.3, -0.25) is 14.7 Å². The van der Waals surface area contributed by atoms with E-state index in [9.17, 15) is 9.59 Å². The highest BCUT2D eigenvalue weighted by Crippen LogP contribution is 2.29. The minimum absolute atomic E-state index is 0.254. The lowest BCUT2D eigenvalue weighted by molar-refractivity contribution is -0.114. The van der Waals surface area contributed by atoms with Crippen molar-refractivity contribution in [2.75, 3.05) is 5.01 Å². The van der Waals surface area contributed by atoms with E-state index in [1.165, 1.54) is 9.69 Å². The number of anilines is 1. The van der Waals surface area contributed by atoms with Crippen LogP contribution in [-0.4, -0.2) is 21.4 Å². The minimum Gasteiger partial charge on any atom is -0.290 e. The Morgan fingerprint density at radius 3 is 1.73 bits per heavy atom. The van der Waals surface area contributed by atoms with Crippen LogP contribution in [0.4, 0.5) is 5.69 Å². The smallest absolute Gasteiger partial charge is 0.281 e. The highest BCUT2D eigenvalue weighted by Gasteiger charge is 2.33. The molecule has 178 valence electrons. The van der Waals surface area contributed by atoms with Gasteiger partial charge in [0.1, 0.15) is 5.71 Å². The van der Waals surface area contributed by atoms with Crippen molar-refractivity contribution in [3.05, 3.63) is 148 Å². The number of rotatable bonds is 5. The molecule has 6 heteroatoms. The molecule has 0 bridgehead atoms. The highest BCUT2D eigenvalue weighted by molar-refractivity contribution is 6.37. The van der Waals surface area contributed by atoms with Crippen molar-refractivity contribution in [2.24, 2.45) is 5.10 Å². The van der Waals surface area contributed by atoms with Gasteiger partial charge in [0.2, 0.25) is 0 Å². The number of benzene rings is 4. The van der Waals surface area contributed by atoms with Crippen molar-refractivity contribution in [3.8, 4) is 16.9 Å². The van der Waals surface area contributed by atoms with Gasteiger partial charge in [0.05, 0.1) is 28.2 Å². The average molecular weight is 483 g/mol. The molecule has 0 fully saturated rings. The lowest BCUT2D eigenvalue weighted by Gasteiger charge is -2.10. The van der Waals surface area contributed by atoms with Crippen LogP contribution in [0, 0.1) is 0 Å². The van der Waals surface area contributed by atoms with Crippen molar-refractivity contribution in [3.63, 3.8) is 0 Å². The molecule has 0 spiro atoms. The van der Waals surface area contributed by atoms with Crippen molar-refractivity contribution in [1.82, 2.24) is 9.78 Å². The van der Waals surface area contributed by atoms with Crippen LogP contribution in [0.1, 0.15) is 11.1 Å². The number of nitrogens with one attached hydrogen (secondary N) is 1. The highest BCUT2D eigenvalue weighted by atomic mass is 16.2. The summed E-state index contributed by atoms with van der Waals surface area (Å²) in [5, 5.41) is 9.35. The molecule has 0 atom stereocenters. The van der Waals surface area contributed by atoms with E-state index in [-0.39, 0.29) is 11.5 Å². The third kappa shape index (κ3) is 4.10. The second-order valence-corrected chi connectivity index (χ2v) is 8.57. The number of para-hydroxylation sites is 2. The van der Waals surface area contributed by atoms with Crippen LogP contribution in [0.3, 0.4) is 0 Å². The molecule has 0 saturated carbocycles. The van der Waals surface area contributed by atoms with Crippen LogP contribution in [0.25, 0.3) is 23.0 Å². The summed E-state index contributed by atoms with van der Waals surface area (Å²) in [5.41, 5.74) is 4.61. The van der Waals surface area contributed by atoms with Gasteiger partial charge in [0, 0.05) is 11.1 Å². The molecule has 1 aliphatic rings. The molecule has 4 aromatic carbocycles. The van der Waals surface area contributed by atoms with E-state index in [1.54, 1.807) is 6.08 Å². The fourth-order valence-electron chi connectivity index (χ4n) is 4.41. The number of H-pyrrole nitrogens is 1. The largest absolute Gasteiger partial charge is 0.290 e. The maximum absolute atomic E-state index is 13.8. The SMILES string of the molecule is O=C1C(=Cc2c(-c3ccccc3)[nH]n(-c3ccccc3)c2=O)C(c2ccccc2)=NN1c1ccccc1. The molecule has 2 heterocycles. The molecule has 0 saturated heterocycles. The Hall–Kier alpha value is -5.23. The lowest BCUT2D eigenvalue weighted by Crippen LogP contribution is -2.22. The molecule has 6 rings (SSSR count). The van der Waals surface area contributed by atoms with Crippen molar-refractivity contribution < 1.29 is 4.79 Å². The Bertz CT molecular complexity index is 1680. The van der Waals surface area contributed by atoms with Crippen LogP contribution in [0.2, 0.25) is 0 Å². The lowest BCUT2D eigenvalue weighted by atomic mass is 9.99. The summed E-state index contributed by atoms with van der Waals surface area (Å²) in [5.74, 6) is -0.295. The van der Waals surface area contributed by atoms with Gasteiger partial charge in [0.15, 0.2) is 0 Å². The molecule has 1 N–H and O–H groups in total. The molecule has 0 aliphatic carbocycles. The summed E-state index contributed by atoms with van der Waals surface area (Å²) in [6, 6.07) is 37.8. The van der Waals surface area contributed by atoms with Crippen LogP contribution >= 0.6 is 0 Å². The normalized spacial score (nSPS) is 14.3. The Kier molecular flexibility index (Phi) is 5.67. The van der Waals surface area contributed by atoms with E-state index in [2.05, 4.69) is 5.10 Å². The van der Waals surface area contributed by atoms with Crippen LogP contribution < -0.4 is 10.6 Å². The zero-order chi connectivity index (χ0) is 25.2. The van der Waals surface area contributed by atoms with Gasteiger partial charge in [-0.05, 0) is 30.3 Å². The quantitative estimate of drug-likeness (QED) is 0.328. The van der Waals surface area contributed by atoms with Crippen LogP contribution in [0.15, 0.2) is 137 Å². The summed E-state index contributed by atoms with van der Waals surface area (Å²) in [7, 11) is 0. The Morgan fingerprint density at radius 2 is 1.14 bits per heavy atom. The summed E-state index contributed by atoms with van der Waals surface area (Å²) in [6.45, 7) is 0. The maximum Gasteiger partial charge on any atom is 0.281 e. The monoisotopic (exact) mass is 482 g/mol. The minimum atomic E-state index is -0.295. The maximum atomic E-state index is 13.8. The van der Waals surface area contributed by atoms with Gasteiger partial charge >= 0.3 is 0 Å². The molecule has 5 aromatic rings. The molecule has 1 amide bonds. The molecule has 0 radical (unpaired) electrons. The van der Waals surface area contributed by atoms with Gasteiger partial charge < -0.3 is 0 Å². The third-order valence-electron chi connectivity index (χ3n) is 6.22. The van der Waals surface area contributed by atoms with Crippen LogP contribution in [-0.2, 0) is 4.79 Å².